The first-order valence-electron chi connectivity index (χ1n) is 13.2. The van der Waals surface area contributed by atoms with Crippen molar-refractivity contribution in [2.75, 3.05) is 45.0 Å². The van der Waals surface area contributed by atoms with Crippen molar-refractivity contribution in [3.8, 4) is 0 Å². The maximum Gasteiger partial charge on any atom is 0.280 e. The highest BCUT2D eigenvalue weighted by atomic mass is 32.3. The second-order valence-corrected chi connectivity index (χ2v) is 12.8. The van der Waals surface area contributed by atoms with E-state index in [0.29, 0.717) is 41.6 Å². The lowest BCUT2D eigenvalue weighted by Crippen LogP contribution is -2.25. The van der Waals surface area contributed by atoms with Gasteiger partial charge in [0.15, 0.2) is 10.8 Å². The van der Waals surface area contributed by atoms with Gasteiger partial charge in [-0.2, -0.15) is 10.6 Å². The molecule has 1 unspecified atom stereocenters. The summed E-state index contributed by atoms with van der Waals surface area (Å²) in [7, 11) is 0.503. The number of aromatic nitrogens is 1. The van der Waals surface area contributed by atoms with Gasteiger partial charge in [-0.1, -0.05) is 23.4 Å². The summed E-state index contributed by atoms with van der Waals surface area (Å²) in [4.78, 5) is 25.2. The van der Waals surface area contributed by atoms with Crippen molar-refractivity contribution in [1.29, 1.82) is 0 Å². The molecular formula is C27H38N4O6S2. The van der Waals surface area contributed by atoms with Crippen molar-refractivity contribution >= 4 is 44.8 Å². The molecule has 2 aliphatic rings. The van der Waals surface area contributed by atoms with E-state index in [0.717, 1.165) is 42.8 Å². The minimum absolute atomic E-state index is 0.0167. The first-order valence-corrected chi connectivity index (χ1v) is 15.8. The van der Waals surface area contributed by atoms with Crippen LogP contribution in [0, 0.1) is 0 Å². The molecule has 12 heteroatoms. The molecule has 1 aromatic heterocycles. The number of rotatable bonds is 14. The number of thiazole rings is 1. The van der Waals surface area contributed by atoms with E-state index in [9.17, 15) is 13.9 Å². The predicted octanol–water partition coefficient (Wildman–Crippen LogP) is 4.77. The van der Waals surface area contributed by atoms with E-state index >= 15 is 0 Å². The Kier molecular flexibility index (Phi) is 10.9. The molecule has 214 valence electrons. The van der Waals surface area contributed by atoms with Crippen LogP contribution in [-0.2, 0) is 25.5 Å². The molecule has 39 heavy (non-hydrogen) atoms. The van der Waals surface area contributed by atoms with E-state index < -0.39 is 16.5 Å². The number of carbonyl (C=O) groups is 1. The molecule has 1 atom stereocenters. The molecule has 4 N–H and O–H groups in total. The fourth-order valence-electron chi connectivity index (χ4n) is 4.43. The lowest BCUT2D eigenvalue weighted by molar-refractivity contribution is -0.110. The fourth-order valence-corrected chi connectivity index (χ4v) is 6.74. The van der Waals surface area contributed by atoms with E-state index in [2.05, 4.69) is 20.8 Å². The Labute approximate surface area is 235 Å². The normalized spacial score (nSPS) is 18.3. The third-order valence-electron chi connectivity index (χ3n) is 6.58. The topological polar surface area (TPSA) is 135 Å². The van der Waals surface area contributed by atoms with Crippen molar-refractivity contribution in [2.24, 2.45) is 5.16 Å². The van der Waals surface area contributed by atoms with Crippen LogP contribution in [0.3, 0.4) is 0 Å². The first-order chi connectivity index (χ1) is 18.9. The predicted molar refractivity (Wildman–Crippen MR) is 156 cm³/mol. The average molecular weight is 579 g/mol. The summed E-state index contributed by atoms with van der Waals surface area (Å²) in [6.45, 7) is 1.84. The van der Waals surface area contributed by atoms with Gasteiger partial charge < -0.3 is 19.6 Å². The van der Waals surface area contributed by atoms with E-state index in [1.165, 1.54) is 11.3 Å². The van der Waals surface area contributed by atoms with Crippen LogP contribution in [0.1, 0.15) is 48.2 Å². The Bertz CT molecular complexity index is 1150. The Morgan fingerprint density at radius 1 is 1.21 bits per heavy atom. The molecular weight excluding hydrogens is 540 g/mol. The SMILES string of the molecule is CNCCOC1C=Cc2nc(NC(=O)/C(=N/OC3CCCC3)c3ccc(S(O)(O)CCCOC)cc3)sc2C1. The number of anilines is 1. The molecule has 4 rings (SSSR count). The minimum Gasteiger partial charge on any atom is -0.392 e. The summed E-state index contributed by atoms with van der Waals surface area (Å²) < 4.78 is 32.0. The van der Waals surface area contributed by atoms with Gasteiger partial charge in [0, 0.05) is 42.9 Å². The number of benzene rings is 1. The number of amides is 1. The minimum atomic E-state index is -2.96. The standard InChI is InChI=1S/C27H38N4O6S2/c1-28-14-16-36-21-10-13-23-24(18-21)38-27(29-23)30-26(32)25(31-37-20-6-3-4-7-20)19-8-11-22(12-9-19)39(33,34)17-5-15-35-2/h8-13,20-21,28,33-34H,3-7,14-18H2,1-2H3,(H,29,30,32)/b31-25+. The number of fused-ring (bicyclic) bond motifs is 1. The van der Waals surface area contributed by atoms with Crippen LogP contribution >= 0.6 is 21.9 Å². The first kappa shape index (κ1) is 29.7. The van der Waals surface area contributed by atoms with Gasteiger partial charge in [0.25, 0.3) is 5.91 Å². The molecule has 1 aromatic carbocycles. The van der Waals surface area contributed by atoms with Gasteiger partial charge >= 0.3 is 0 Å². The van der Waals surface area contributed by atoms with Crippen molar-refractivity contribution in [3.63, 3.8) is 0 Å². The summed E-state index contributed by atoms with van der Waals surface area (Å²) in [5.41, 5.74) is 1.45. The van der Waals surface area contributed by atoms with Crippen LogP contribution in [0.5, 0.6) is 0 Å². The zero-order valence-corrected chi connectivity index (χ0v) is 24.1. The van der Waals surface area contributed by atoms with Crippen molar-refractivity contribution in [2.45, 2.75) is 55.6 Å². The van der Waals surface area contributed by atoms with E-state index in [-0.39, 0.29) is 23.7 Å². The number of likely N-dealkylation sites (N-methyl/N-ethyl adjacent to an activating group) is 1. The Balaban J connectivity index is 1.48. The van der Waals surface area contributed by atoms with E-state index in [1.807, 2.05) is 19.2 Å². The second kappa shape index (κ2) is 14.4. The number of methoxy groups -OCH3 is 1. The number of hydrogen-bond donors (Lipinski definition) is 4. The van der Waals surface area contributed by atoms with Gasteiger partial charge in [-0.3, -0.25) is 19.2 Å². The second-order valence-electron chi connectivity index (χ2n) is 9.55. The maximum atomic E-state index is 13.4. The number of nitrogens with one attached hydrogen (secondary N) is 2. The highest BCUT2D eigenvalue weighted by molar-refractivity contribution is 8.24. The zero-order valence-electron chi connectivity index (χ0n) is 22.4. The Morgan fingerprint density at radius 3 is 2.69 bits per heavy atom. The number of oxime groups is 1. The molecule has 0 bridgehead atoms. The number of nitrogens with zero attached hydrogens (tertiary/aromatic N) is 2. The largest absolute Gasteiger partial charge is 0.392 e. The molecule has 2 aromatic rings. The average Bonchev–Trinajstić information content (AvgIpc) is 3.59. The molecule has 2 aliphatic carbocycles. The molecule has 10 nitrogen and oxygen atoms in total. The molecule has 1 amide bonds. The number of ether oxygens (including phenoxy) is 2. The van der Waals surface area contributed by atoms with Crippen molar-refractivity contribution in [1.82, 2.24) is 10.3 Å². The lowest BCUT2D eigenvalue weighted by atomic mass is 10.1. The number of carbonyl (C=O) groups excluding carboxylic acids is 1. The van der Waals surface area contributed by atoms with Crippen LogP contribution < -0.4 is 10.6 Å². The van der Waals surface area contributed by atoms with Crippen LogP contribution in [0.2, 0.25) is 0 Å². The van der Waals surface area contributed by atoms with E-state index in [4.69, 9.17) is 14.3 Å². The zero-order chi connectivity index (χ0) is 27.7. The molecule has 0 aliphatic heterocycles. The Morgan fingerprint density at radius 2 is 1.97 bits per heavy atom. The summed E-state index contributed by atoms with van der Waals surface area (Å²) >= 11 is 1.42. The van der Waals surface area contributed by atoms with Crippen molar-refractivity contribution < 1.29 is 28.2 Å². The molecule has 0 spiro atoms. The fraction of sp³-hybridized carbons (Fsp3) is 0.519. The van der Waals surface area contributed by atoms with Crippen LogP contribution in [0.4, 0.5) is 5.13 Å². The summed E-state index contributed by atoms with van der Waals surface area (Å²) in [6, 6.07) is 6.58. The van der Waals surface area contributed by atoms with E-state index in [1.54, 1.807) is 31.4 Å². The van der Waals surface area contributed by atoms with Crippen molar-refractivity contribution in [3.05, 3.63) is 46.5 Å². The Hall–Kier alpha value is -2.32. The van der Waals surface area contributed by atoms with Gasteiger partial charge in [-0.15, -0.1) is 11.3 Å². The third kappa shape index (κ3) is 8.34. The summed E-state index contributed by atoms with van der Waals surface area (Å²) in [6.07, 6.45) is 9.08. The van der Waals surface area contributed by atoms with Crippen LogP contribution in [0.15, 0.2) is 40.4 Å². The summed E-state index contributed by atoms with van der Waals surface area (Å²) in [5, 5.41) is 10.7. The van der Waals surface area contributed by atoms with Gasteiger partial charge in [0.1, 0.15) is 6.10 Å². The third-order valence-corrected chi connectivity index (χ3v) is 9.47. The molecule has 0 radical (unpaired) electrons. The highest BCUT2D eigenvalue weighted by Gasteiger charge is 2.24. The molecule has 1 saturated carbocycles. The van der Waals surface area contributed by atoms with Gasteiger partial charge in [0.05, 0.1) is 23.3 Å². The monoisotopic (exact) mass is 578 g/mol. The molecule has 0 saturated heterocycles. The maximum absolute atomic E-state index is 13.4. The number of hydrogen-bond acceptors (Lipinski definition) is 10. The summed E-state index contributed by atoms with van der Waals surface area (Å²) in [5.74, 6) is -0.235. The quantitative estimate of drug-likeness (QED) is 0.143. The molecule has 1 fully saturated rings. The van der Waals surface area contributed by atoms with Crippen LogP contribution in [-0.4, -0.2) is 77.6 Å². The van der Waals surface area contributed by atoms with Crippen LogP contribution in [0.25, 0.3) is 6.08 Å². The smallest absolute Gasteiger partial charge is 0.280 e. The highest BCUT2D eigenvalue weighted by Crippen LogP contribution is 2.48. The lowest BCUT2D eigenvalue weighted by Gasteiger charge is -2.32. The van der Waals surface area contributed by atoms with Gasteiger partial charge in [-0.25, -0.2) is 4.98 Å². The van der Waals surface area contributed by atoms with Gasteiger partial charge in [-0.05, 0) is 57.4 Å². The molecule has 1 heterocycles. The van der Waals surface area contributed by atoms with Gasteiger partial charge in [0.2, 0.25) is 0 Å².